The Morgan fingerprint density at radius 3 is 2.50 bits per heavy atom. The van der Waals surface area contributed by atoms with Gasteiger partial charge in [-0.3, -0.25) is 4.90 Å². The first-order valence-electron chi connectivity index (χ1n) is 5.88. The highest BCUT2D eigenvalue weighted by molar-refractivity contribution is 5.02. The number of unbranched alkanes of at least 4 members (excludes halogenated alkanes) is 1. The molecule has 1 aliphatic heterocycles. The van der Waals surface area contributed by atoms with Crippen molar-refractivity contribution in [1.29, 1.82) is 0 Å². The van der Waals surface area contributed by atoms with Gasteiger partial charge in [0, 0.05) is 6.54 Å². The van der Waals surface area contributed by atoms with E-state index in [0.717, 1.165) is 12.8 Å². The molecule has 0 aliphatic carbocycles. The Hall–Kier alpha value is -0.200. The first-order chi connectivity index (χ1) is 7.45. The maximum absolute atomic E-state index is 10.1. The van der Waals surface area contributed by atoms with Crippen molar-refractivity contribution in [1.82, 2.24) is 4.90 Å². The van der Waals surface area contributed by atoms with E-state index in [2.05, 4.69) is 6.92 Å². The molecule has 0 aromatic heterocycles. The van der Waals surface area contributed by atoms with Crippen molar-refractivity contribution in [2.45, 2.75) is 50.5 Å². The SMILES string of the molecule is CCCCN1C[C@H](O)[C@@H](O)[C@](C)(O)[C@@H]1CO. The highest BCUT2D eigenvalue weighted by Gasteiger charge is 2.49. The van der Waals surface area contributed by atoms with Gasteiger partial charge in [-0.25, -0.2) is 0 Å². The Balaban J connectivity index is 2.77. The maximum atomic E-state index is 10.1. The molecule has 0 spiro atoms. The molecule has 1 saturated heterocycles. The molecule has 96 valence electrons. The number of piperidine rings is 1. The number of rotatable bonds is 4. The zero-order valence-electron chi connectivity index (χ0n) is 10.0. The lowest BCUT2D eigenvalue weighted by Crippen LogP contribution is -2.68. The van der Waals surface area contributed by atoms with E-state index >= 15 is 0 Å². The van der Waals surface area contributed by atoms with Gasteiger partial charge in [-0.2, -0.15) is 0 Å². The summed E-state index contributed by atoms with van der Waals surface area (Å²) in [6, 6.07) is -0.516. The molecule has 1 heterocycles. The Morgan fingerprint density at radius 1 is 1.38 bits per heavy atom. The third kappa shape index (κ3) is 2.55. The summed E-state index contributed by atoms with van der Waals surface area (Å²) in [7, 11) is 0. The Bertz CT molecular complexity index is 222. The molecule has 5 nitrogen and oxygen atoms in total. The van der Waals surface area contributed by atoms with Gasteiger partial charge in [0.05, 0.1) is 18.8 Å². The average Bonchev–Trinajstić information content (AvgIpc) is 2.23. The van der Waals surface area contributed by atoms with Gasteiger partial charge in [0.25, 0.3) is 0 Å². The van der Waals surface area contributed by atoms with E-state index in [-0.39, 0.29) is 6.61 Å². The van der Waals surface area contributed by atoms with E-state index in [1.165, 1.54) is 6.92 Å². The molecule has 0 unspecified atom stereocenters. The predicted molar refractivity (Wildman–Crippen MR) is 60.0 cm³/mol. The molecule has 0 saturated carbocycles. The largest absolute Gasteiger partial charge is 0.395 e. The summed E-state index contributed by atoms with van der Waals surface area (Å²) < 4.78 is 0. The van der Waals surface area contributed by atoms with Crippen molar-refractivity contribution in [3.8, 4) is 0 Å². The standard InChI is InChI=1S/C11H23NO4/c1-3-4-5-12-6-8(14)10(15)11(2,16)9(12)7-13/h8-10,13-16H,3-7H2,1-2H3/t8-,9-,10+,11+/m0/s1. The van der Waals surface area contributed by atoms with Gasteiger partial charge in [0.1, 0.15) is 11.7 Å². The van der Waals surface area contributed by atoms with E-state index in [1.807, 2.05) is 4.90 Å². The number of aliphatic hydroxyl groups excluding tert-OH is 3. The number of hydrogen-bond donors (Lipinski definition) is 4. The van der Waals surface area contributed by atoms with Gasteiger partial charge >= 0.3 is 0 Å². The van der Waals surface area contributed by atoms with Crippen LogP contribution >= 0.6 is 0 Å². The minimum Gasteiger partial charge on any atom is -0.395 e. The fraction of sp³-hybridized carbons (Fsp3) is 1.00. The van der Waals surface area contributed by atoms with Crippen LogP contribution in [0.5, 0.6) is 0 Å². The van der Waals surface area contributed by atoms with E-state index < -0.39 is 23.9 Å². The zero-order valence-corrected chi connectivity index (χ0v) is 10.0. The van der Waals surface area contributed by atoms with Crippen LogP contribution in [0, 0.1) is 0 Å². The summed E-state index contributed by atoms with van der Waals surface area (Å²) >= 11 is 0. The van der Waals surface area contributed by atoms with Crippen LogP contribution < -0.4 is 0 Å². The molecular formula is C11H23NO4. The number of β-amino-alcohol motifs (C(OH)–C–C–N with tert-alkyl or cyclic N) is 1. The minimum atomic E-state index is -1.47. The van der Waals surface area contributed by atoms with Gasteiger partial charge in [-0.05, 0) is 19.9 Å². The molecule has 16 heavy (non-hydrogen) atoms. The van der Waals surface area contributed by atoms with E-state index in [1.54, 1.807) is 0 Å². The lowest BCUT2D eigenvalue weighted by atomic mass is 9.82. The summed E-state index contributed by atoms with van der Waals surface area (Å²) in [6.45, 7) is 4.30. The second-order valence-electron chi connectivity index (χ2n) is 4.78. The predicted octanol–water partition coefficient (Wildman–Crippen LogP) is -1.06. The van der Waals surface area contributed by atoms with E-state index in [0.29, 0.717) is 13.1 Å². The Labute approximate surface area is 96.3 Å². The van der Waals surface area contributed by atoms with Crippen molar-refractivity contribution in [2.75, 3.05) is 19.7 Å². The van der Waals surface area contributed by atoms with E-state index in [9.17, 15) is 20.4 Å². The normalized spacial score (nSPS) is 41.2. The molecule has 4 atom stereocenters. The third-order valence-electron chi connectivity index (χ3n) is 3.47. The van der Waals surface area contributed by atoms with Crippen LogP contribution in [0.4, 0.5) is 0 Å². The van der Waals surface area contributed by atoms with Gasteiger partial charge in [0.15, 0.2) is 0 Å². The van der Waals surface area contributed by atoms with Crippen molar-refractivity contribution in [2.24, 2.45) is 0 Å². The molecule has 1 rings (SSSR count). The van der Waals surface area contributed by atoms with Crippen molar-refractivity contribution >= 4 is 0 Å². The van der Waals surface area contributed by atoms with Gasteiger partial charge in [-0.1, -0.05) is 13.3 Å². The number of likely N-dealkylation sites (tertiary alicyclic amines) is 1. The summed E-state index contributed by atoms with van der Waals surface area (Å²) in [6.07, 6.45) is -0.220. The lowest BCUT2D eigenvalue weighted by molar-refractivity contribution is -0.197. The van der Waals surface area contributed by atoms with E-state index in [4.69, 9.17) is 0 Å². The maximum Gasteiger partial charge on any atom is 0.111 e. The molecular weight excluding hydrogens is 210 g/mol. The van der Waals surface area contributed by atoms with Crippen LogP contribution in [-0.2, 0) is 0 Å². The Kier molecular flexibility index (Phi) is 4.70. The Morgan fingerprint density at radius 2 is 2.00 bits per heavy atom. The molecule has 1 aliphatic rings. The van der Waals surface area contributed by atoms with Crippen LogP contribution in [0.25, 0.3) is 0 Å². The number of hydrogen-bond acceptors (Lipinski definition) is 5. The van der Waals surface area contributed by atoms with Crippen LogP contribution in [0.15, 0.2) is 0 Å². The third-order valence-corrected chi connectivity index (χ3v) is 3.47. The molecule has 1 fully saturated rings. The smallest absolute Gasteiger partial charge is 0.111 e. The summed E-state index contributed by atoms with van der Waals surface area (Å²) in [5.41, 5.74) is -1.47. The first-order valence-corrected chi connectivity index (χ1v) is 5.88. The topological polar surface area (TPSA) is 84.2 Å². The highest BCUT2D eigenvalue weighted by atomic mass is 16.4. The van der Waals surface area contributed by atoms with Crippen LogP contribution in [-0.4, -0.2) is 68.9 Å². The monoisotopic (exact) mass is 233 g/mol. The summed E-state index contributed by atoms with van der Waals surface area (Å²) in [4.78, 5) is 1.85. The fourth-order valence-corrected chi connectivity index (χ4v) is 2.33. The average molecular weight is 233 g/mol. The highest BCUT2D eigenvalue weighted by Crippen LogP contribution is 2.28. The fourth-order valence-electron chi connectivity index (χ4n) is 2.33. The number of aliphatic hydroxyl groups is 4. The van der Waals surface area contributed by atoms with Crippen molar-refractivity contribution < 1.29 is 20.4 Å². The second-order valence-corrected chi connectivity index (χ2v) is 4.78. The molecule has 5 heteroatoms. The first kappa shape index (κ1) is 13.9. The minimum absolute atomic E-state index is 0.222. The molecule has 0 radical (unpaired) electrons. The van der Waals surface area contributed by atoms with Crippen LogP contribution in [0.1, 0.15) is 26.7 Å². The van der Waals surface area contributed by atoms with Crippen LogP contribution in [0.2, 0.25) is 0 Å². The lowest BCUT2D eigenvalue weighted by Gasteiger charge is -2.49. The van der Waals surface area contributed by atoms with Crippen molar-refractivity contribution in [3.05, 3.63) is 0 Å². The molecule has 4 N–H and O–H groups in total. The molecule has 0 bridgehead atoms. The quantitative estimate of drug-likeness (QED) is 0.497. The number of nitrogens with zero attached hydrogens (tertiary/aromatic N) is 1. The molecule has 0 aromatic carbocycles. The summed E-state index contributed by atoms with van der Waals surface area (Å²) in [5.74, 6) is 0. The molecule has 0 amide bonds. The van der Waals surface area contributed by atoms with Crippen molar-refractivity contribution in [3.63, 3.8) is 0 Å². The molecule has 0 aromatic rings. The second kappa shape index (κ2) is 5.42. The zero-order chi connectivity index (χ0) is 12.3. The summed E-state index contributed by atoms with van der Waals surface area (Å²) in [5, 5.41) is 38.8. The van der Waals surface area contributed by atoms with Gasteiger partial charge in [0.2, 0.25) is 0 Å². The van der Waals surface area contributed by atoms with Crippen LogP contribution in [0.3, 0.4) is 0 Å². The van der Waals surface area contributed by atoms with Gasteiger partial charge in [-0.15, -0.1) is 0 Å². The van der Waals surface area contributed by atoms with Gasteiger partial charge < -0.3 is 20.4 Å².